The molecule has 0 radical (unpaired) electrons. The number of aromatic nitrogens is 2. The van der Waals surface area contributed by atoms with Crippen LogP contribution in [0.3, 0.4) is 0 Å². The largest absolute Gasteiger partial charge is 0.436 e. The lowest BCUT2D eigenvalue weighted by Crippen LogP contribution is -1.92. The van der Waals surface area contributed by atoms with E-state index in [2.05, 4.69) is 126 Å². The highest BCUT2D eigenvalue weighted by molar-refractivity contribution is 6.21. The van der Waals surface area contributed by atoms with Gasteiger partial charge in [-0.1, -0.05) is 115 Å². The molecule has 0 aliphatic rings. The second kappa shape index (κ2) is 9.37. The van der Waals surface area contributed by atoms with Crippen molar-refractivity contribution < 1.29 is 4.42 Å². The Morgan fingerprint density at radius 2 is 1.00 bits per heavy atom. The second-order valence-corrected chi connectivity index (χ2v) is 11.0. The van der Waals surface area contributed by atoms with Crippen molar-refractivity contribution in [2.24, 2.45) is 0 Å². The van der Waals surface area contributed by atoms with E-state index in [0.29, 0.717) is 5.89 Å². The first kappa shape index (κ1) is 23.9. The van der Waals surface area contributed by atoms with Gasteiger partial charge in [0.1, 0.15) is 5.52 Å². The number of nitrogens with zero attached hydrogens (tertiary/aromatic N) is 2. The van der Waals surface area contributed by atoms with Crippen LogP contribution in [0.2, 0.25) is 0 Å². The number of hydrogen-bond acceptors (Lipinski definition) is 3. The molecule has 9 rings (SSSR count). The van der Waals surface area contributed by atoms with Gasteiger partial charge in [0.05, 0.1) is 11.0 Å². The van der Waals surface area contributed by atoms with Crippen LogP contribution in [0.1, 0.15) is 0 Å². The molecule has 0 aliphatic heterocycles. The highest BCUT2D eigenvalue weighted by atomic mass is 16.3. The Morgan fingerprint density at radius 3 is 1.70 bits per heavy atom. The summed E-state index contributed by atoms with van der Waals surface area (Å²) in [4.78, 5) is 10.0. The normalized spacial score (nSPS) is 11.7. The quantitative estimate of drug-likeness (QED) is 0.163. The lowest BCUT2D eigenvalue weighted by molar-refractivity contribution is 0.620. The van der Waals surface area contributed by atoms with Crippen LogP contribution in [0.4, 0.5) is 0 Å². The van der Waals surface area contributed by atoms with Crippen LogP contribution in [-0.4, -0.2) is 9.97 Å². The molecule has 7 aromatic carbocycles. The van der Waals surface area contributed by atoms with Crippen molar-refractivity contribution in [3.63, 3.8) is 0 Å². The zero-order valence-corrected chi connectivity index (χ0v) is 23.2. The molecule has 200 valence electrons. The van der Waals surface area contributed by atoms with Gasteiger partial charge < -0.3 is 4.42 Å². The molecule has 0 saturated carbocycles. The van der Waals surface area contributed by atoms with Gasteiger partial charge in [-0.3, -0.25) is 0 Å². The van der Waals surface area contributed by atoms with Crippen molar-refractivity contribution in [1.29, 1.82) is 0 Å². The van der Waals surface area contributed by atoms with Crippen molar-refractivity contribution in [3.05, 3.63) is 146 Å². The highest BCUT2D eigenvalue weighted by Gasteiger charge is 2.16. The first-order chi connectivity index (χ1) is 21.3. The van der Waals surface area contributed by atoms with Crippen LogP contribution in [0.5, 0.6) is 0 Å². The number of oxazole rings is 1. The Kier molecular flexibility index (Phi) is 5.20. The average Bonchev–Trinajstić information content (AvgIpc) is 3.52. The molecular formula is C40H24N2O. The average molecular weight is 549 g/mol. The lowest BCUT2D eigenvalue weighted by Gasteiger charge is -2.15. The fourth-order valence-electron chi connectivity index (χ4n) is 6.38. The first-order valence-electron chi connectivity index (χ1n) is 14.5. The molecule has 2 heterocycles. The van der Waals surface area contributed by atoms with E-state index >= 15 is 0 Å². The van der Waals surface area contributed by atoms with Gasteiger partial charge in [-0.15, -0.1) is 0 Å². The summed E-state index contributed by atoms with van der Waals surface area (Å²) in [5.74, 6) is 0.635. The third kappa shape index (κ3) is 3.83. The number of para-hydroxylation sites is 2. The topological polar surface area (TPSA) is 38.9 Å². The Balaban J connectivity index is 1.24. The molecule has 0 spiro atoms. The molecule has 0 bridgehead atoms. The summed E-state index contributed by atoms with van der Waals surface area (Å²) in [6, 6.07) is 51.1. The predicted molar refractivity (Wildman–Crippen MR) is 178 cm³/mol. The fraction of sp³-hybridized carbons (Fsp3) is 0. The molecule has 2 aromatic heterocycles. The minimum Gasteiger partial charge on any atom is -0.436 e. The maximum Gasteiger partial charge on any atom is 0.227 e. The predicted octanol–water partition coefficient (Wildman–Crippen LogP) is 10.8. The lowest BCUT2D eigenvalue weighted by atomic mass is 9.91. The summed E-state index contributed by atoms with van der Waals surface area (Å²) < 4.78 is 6.00. The molecule has 0 atom stereocenters. The van der Waals surface area contributed by atoms with E-state index in [-0.39, 0.29) is 0 Å². The minimum atomic E-state index is 0.635. The molecular weight excluding hydrogens is 524 g/mol. The summed E-state index contributed by atoms with van der Waals surface area (Å²) in [5.41, 5.74) is 9.36. The summed E-state index contributed by atoms with van der Waals surface area (Å²) in [6.45, 7) is 0. The van der Waals surface area contributed by atoms with E-state index in [4.69, 9.17) is 9.40 Å². The van der Waals surface area contributed by atoms with E-state index in [1.807, 2.05) is 24.3 Å². The molecule has 0 fully saturated rings. The molecule has 43 heavy (non-hydrogen) atoms. The van der Waals surface area contributed by atoms with Gasteiger partial charge in [-0.05, 0) is 57.8 Å². The Bertz CT molecular complexity index is 2380. The van der Waals surface area contributed by atoms with Crippen LogP contribution < -0.4 is 0 Å². The van der Waals surface area contributed by atoms with Gasteiger partial charge in [0.15, 0.2) is 5.58 Å². The van der Waals surface area contributed by atoms with Crippen LogP contribution in [0.15, 0.2) is 150 Å². The van der Waals surface area contributed by atoms with Gasteiger partial charge in [-0.2, -0.15) is 0 Å². The van der Waals surface area contributed by atoms with E-state index in [1.165, 1.54) is 32.7 Å². The number of pyridine rings is 1. The number of rotatable bonds is 3. The summed E-state index contributed by atoms with van der Waals surface area (Å²) in [5, 5.41) is 7.04. The Morgan fingerprint density at radius 1 is 0.395 bits per heavy atom. The van der Waals surface area contributed by atoms with Crippen molar-refractivity contribution in [2.75, 3.05) is 0 Å². The van der Waals surface area contributed by atoms with E-state index < -0.39 is 0 Å². The standard InChI is InChI=1S/C40H24N2O/c1-3-12-31-26(8-1)20-22-33-37(34-23-21-27-9-2-4-13-32(27)39(34)42-38(31)33)30-11-7-10-29(24-30)25-16-18-28(19-17-25)40-41-35-14-5-6-15-36(35)43-40/h1-24H. The second-order valence-electron chi connectivity index (χ2n) is 11.0. The monoisotopic (exact) mass is 548 g/mol. The van der Waals surface area contributed by atoms with Crippen molar-refractivity contribution >= 4 is 54.5 Å². The van der Waals surface area contributed by atoms with Crippen molar-refractivity contribution in [3.8, 4) is 33.7 Å². The Hall–Kier alpha value is -5.80. The highest BCUT2D eigenvalue weighted by Crippen LogP contribution is 2.41. The summed E-state index contributed by atoms with van der Waals surface area (Å²) >= 11 is 0. The third-order valence-electron chi connectivity index (χ3n) is 8.47. The SMILES string of the molecule is c1cc(-c2ccc(-c3nc4ccccc4o3)cc2)cc(-c2c3ccc4ccccc4c3nc3c2ccc2ccccc23)c1. The third-order valence-corrected chi connectivity index (χ3v) is 8.47. The molecule has 3 heteroatoms. The van der Waals surface area contributed by atoms with Crippen molar-refractivity contribution in [1.82, 2.24) is 9.97 Å². The number of benzene rings is 7. The van der Waals surface area contributed by atoms with Crippen molar-refractivity contribution in [2.45, 2.75) is 0 Å². The molecule has 9 aromatic rings. The molecule has 0 N–H and O–H groups in total. The number of hydrogen-bond donors (Lipinski definition) is 0. The minimum absolute atomic E-state index is 0.635. The first-order valence-corrected chi connectivity index (χ1v) is 14.5. The fourth-order valence-corrected chi connectivity index (χ4v) is 6.38. The van der Waals surface area contributed by atoms with Crippen LogP contribution >= 0.6 is 0 Å². The summed E-state index contributed by atoms with van der Waals surface area (Å²) in [6.07, 6.45) is 0. The molecule has 0 saturated heterocycles. The molecule has 3 nitrogen and oxygen atoms in total. The van der Waals surface area contributed by atoms with E-state index in [1.54, 1.807) is 0 Å². The van der Waals surface area contributed by atoms with Gasteiger partial charge in [0.25, 0.3) is 0 Å². The van der Waals surface area contributed by atoms with Gasteiger partial charge in [0, 0.05) is 32.7 Å². The smallest absolute Gasteiger partial charge is 0.227 e. The van der Waals surface area contributed by atoms with Gasteiger partial charge >= 0.3 is 0 Å². The van der Waals surface area contributed by atoms with E-state index in [9.17, 15) is 0 Å². The molecule has 0 aliphatic carbocycles. The maximum absolute atomic E-state index is 6.00. The number of fused-ring (bicyclic) bond motifs is 7. The summed E-state index contributed by atoms with van der Waals surface area (Å²) in [7, 11) is 0. The Labute approximate surface area is 247 Å². The zero-order valence-electron chi connectivity index (χ0n) is 23.2. The molecule has 0 amide bonds. The van der Waals surface area contributed by atoms with Gasteiger partial charge in [0.2, 0.25) is 5.89 Å². The van der Waals surface area contributed by atoms with Gasteiger partial charge in [-0.25, -0.2) is 9.97 Å². The molecule has 0 unspecified atom stereocenters. The maximum atomic E-state index is 6.00. The van der Waals surface area contributed by atoms with Crippen LogP contribution in [0, 0.1) is 0 Å². The van der Waals surface area contributed by atoms with Crippen LogP contribution in [-0.2, 0) is 0 Å². The van der Waals surface area contributed by atoms with Crippen LogP contribution in [0.25, 0.3) is 88.2 Å². The van der Waals surface area contributed by atoms with E-state index in [0.717, 1.165) is 49.6 Å². The zero-order chi connectivity index (χ0) is 28.3.